The Kier molecular flexibility index (Phi) is 8.16. The third-order valence-electron chi connectivity index (χ3n) is 2.99. The lowest BCUT2D eigenvalue weighted by Crippen LogP contribution is -2.49. The van der Waals surface area contributed by atoms with Crippen molar-refractivity contribution in [2.24, 2.45) is 0 Å². The molecule has 12 heteroatoms. The summed E-state index contributed by atoms with van der Waals surface area (Å²) in [6.45, 7) is 9.41. The Labute approximate surface area is 175 Å². The SMILES string of the molecule is CC(C)(C)OC(=O)NC(=N)N(C(=O)OC(C)(C)C)c1cccc(COP(=O)(O)O)c1. The minimum absolute atomic E-state index is 0.108. The average molecular weight is 445 g/mol. The number of hydrogen-bond acceptors (Lipinski definition) is 7. The number of phosphoric ester groups is 1. The Balaban J connectivity index is 3.18. The molecular weight excluding hydrogens is 417 g/mol. The molecule has 1 aromatic carbocycles. The zero-order chi connectivity index (χ0) is 23.3. The Hall–Kier alpha value is -2.46. The van der Waals surface area contributed by atoms with E-state index in [0.717, 1.165) is 4.90 Å². The van der Waals surface area contributed by atoms with Crippen LogP contribution in [0.2, 0.25) is 0 Å². The second kappa shape index (κ2) is 9.57. The zero-order valence-corrected chi connectivity index (χ0v) is 18.6. The lowest BCUT2D eigenvalue weighted by atomic mass is 10.2. The van der Waals surface area contributed by atoms with Gasteiger partial charge in [0.15, 0.2) is 0 Å². The summed E-state index contributed by atoms with van der Waals surface area (Å²) in [5, 5.41) is 10.4. The predicted octanol–water partition coefficient (Wildman–Crippen LogP) is 3.50. The molecule has 0 heterocycles. The largest absolute Gasteiger partial charge is 0.469 e. The fraction of sp³-hybridized carbons (Fsp3) is 0.500. The molecule has 11 nitrogen and oxygen atoms in total. The van der Waals surface area contributed by atoms with Crippen molar-refractivity contribution in [3.63, 3.8) is 0 Å². The Morgan fingerprint density at radius 2 is 1.67 bits per heavy atom. The fourth-order valence-electron chi connectivity index (χ4n) is 2.03. The summed E-state index contributed by atoms with van der Waals surface area (Å²) < 4.78 is 25.8. The highest BCUT2D eigenvalue weighted by molar-refractivity contribution is 7.46. The van der Waals surface area contributed by atoms with Crippen molar-refractivity contribution in [3.05, 3.63) is 29.8 Å². The van der Waals surface area contributed by atoms with Crippen molar-refractivity contribution in [2.45, 2.75) is 59.4 Å². The van der Waals surface area contributed by atoms with Crippen LogP contribution in [-0.4, -0.2) is 39.1 Å². The van der Waals surface area contributed by atoms with Crippen LogP contribution in [0.15, 0.2) is 24.3 Å². The van der Waals surface area contributed by atoms with Gasteiger partial charge in [-0.2, -0.15) is 0 Å². The van der Waals surface area contributed by atoms with Crippen LogP contribution >= 0.6 is 7.82 Å². The molecule has 0 saturated carbocycles. The Morgan fingerprint density at radius 1 is 1.10 bits per heavy atom. The van der Waals surface area contributed by atoms with Gasteiger partial charge in [0.2, 0.25) is 5.96 Å². The minimum atomic E-state index is -4.70. The zero-order valence-electron chi connectivity index (χ0n) is 17.8. The number of nitrogens with one attached hydrogen (secondary N) is 2. The number of guanidine groups is 1. The van der Waals surface area contributed by atoms with Crippen molar-refractivity contribution in [2.75, 3.05) is 4.90 Å². The summed E-state index contributed by atoms with van der Waals surface area (Å²) in [6.07, 6.45) is -1.89. The van der Waals surface area contributed by atoms with Crippen molar-refractivity contribution in [3.8, 4) is 0 Å². The quantitative estimate of drug-likeness (QED) is 0.311. The summed E-state index contributed by atoms with van der Waals surface area (Å²) >= 11 is 0. The highest BCUT2D eigenvalue weighted by Gasteiger charge is 2.29. The van der Waals surface area contributed by atoms with Gasteiger partial charge in [-0.15, -0.1) is 0 Å². The molecule has 0 atom stereocenters. The topological polar surface area (TPSA) is 158 Å². The van der Waals surface area contributed by atoms with E-state index in [2.05, 4.69) is 9.84 Å². The van der Waals surface area contributed by atoms with Gasteiger partial charge in [0.25, 0.3) is 0 Å². The third kappa shape index (κ3) is 9.84. The van der Waals surface area contributed by atoms with Crippen molar-refractivity contribution in [1.29, 1.82) is 5.41 Å². The number of carbonyl (C=O) groups excluding carboxylic acids is 2. The van der Waals surface area contributed by atoms with Gasteiger partial charge in [-0.05, 0) is 59.2 Å². The Bertz CT molecular complexity index is 839. The standard InChI is InChI=1S/C18H28N3O8P/c1-17(2,3)28-15(22)20-14(19)21(16(23)29-18(4,5)6)13-9-7-8-12(10-13)11-27-30(24,25)26/h7-10H,11H2,1-6H3,(H2,19,20,22)(H2,24,25,26). The molecule has 0 aliphatic rings. The number of carbonyl (C=O) groups is 2. The van der Waals surface area contributed by atoms with E-state index in [1.165, 1.54) is 24.3 Å². The van der Waals surface area contributed by atoms with Crippen LogP contribution in [0.5, 0.6) is 0 Å². The van der Waals surface area contributed by atoms with Crippen LogP contribution in [0.4, 0.5) is 15.3 Å². The van der Waals surface area contributed by atoms with Gasteiger partial charge in [-0.25, -0.2) is 19.1 Å². The van der Waals surface area contributed by atoms with Gasteiger partial charge >= 0.3 is 20.0 Å². The van der Waals surface area contributed by atoms with Crippen molar-refractivity contribution in [1.82, 2.24) is 5.32 Å². The van der Waals surface area contributed by atoms with Crippen molar-refractivity contribution >= 4 is 31.7 Å². The first-order valence-corrected chi connectivity index (χ1v) is 10.4. The van der Waals surface area contributed by atoms with E-state index in [4.69, 9.17) is 24.7 Å². The molecule has 1 aromatic rings. The fourth-order valence-corrected chi connectivity index (χ4v) is 2.35. The first-order valence-electron chi connectivity index (χ1n) is 8.87. The van der Waals surface area contributed by atoms with Gasteiger partial charge in [-0.3, -0.25) is 15.2 Å². The molecule has 1 rings (SSSR count). The summed E-state index contributed by atoms with van der Waals surface area (Å²) in [6, 6.07) is 5.82. The molecule has 168 valence electrons. The van der Waals surface area contributed by atoms with E-state index in [0.29, 0.717) is 5.56 Å². The van der Waals surface area contributed by atoms with Crippen LogP contribution in [0.3, 0.4) is 0 Å². The Morgan fingerprint density at radius 3 is 2.17 bits per heavy atom. The molecule has 0 fully saturated rings. The molecule has 0 aliphatic heterocycles. The highest BCUT2D eigenvalue weighted by atomic mass is 31.2. The number of alkyl carbamates (subject to hydrolysis) is 1. The lowest BCUT2D eigenvalue weighted by Gasteiger charge is -2.28. The number of ether oxygens (including phenoxy) is 2. The second-order valence-corrected chi connectivity index (χ2v) is 9.46. The van der Waals surface area contributed by atoms with E-state index in [-0.39, 0.29) is 5.69 Å². The molecule has 0 bridgehead atoms. The summed E-state index contributed by atoms with van der Waals surface area (Å²) in [5.41, 5.74) is -1.28. The molecular formula is C18H28N3O8P. The molecule has 30 heavy (non-hydrogen) atoms. The van der Waals surface area contributed by atoms with Gasteiger partial charge in [0.1, 0.15) is 11.2 Å². The maximum absolute atomic E-state index is 12.7. The molecule has 0 aliphatic carbocycles. The van der Waals surface area contributed by atoms with Crippen molar-refractivity contribution < 1.29 is 37.9 Å². The summed E-state index contributed by atoms with van der Waals surface area (Å²) in [7, 11) is -4.70. The van der Waals surface area contributed by atoms with E-state index in [1.807, 2.05) is 0 Å². The van der Waals surface area contributed by atoms with Crippen LogP contribution in [0, 0.1) is 5.41 Å². The van der Waals surface area contributed by atoms with Crippen LogP contribution in [0.25, 0.3) is 0 Å². The van der Waals surface area contributed by atoms with Crippen LogP contribution in [-0.2, 0) is 25.2 Å². The molecule has 0 saturated heterocycles. The van der Waals surface area contributed by atoms with Gasteiger partial charge in [-0.1, -0.05) is 12.1 Å². The van der Waals surface area contributed by atoms with E-state index < -0.39 is 43.8 Å². The smallest absolute Gasteiger partial charge is 0.444 e. The first-order chi connectivity index (χ1) is 13.5. The van der Waals surface area contributed by atoms with Gasteiger partial charge < -0.3 is 19.3 Å². The predicted molar refractivity (Wildman–Crippen MR) is 109 cm³/mol. The number of benzene rings is 1. The summed E-state index contributed by atoms with van der Waals surface area (Å²) in [4.78, 5) is 43.3. The maximum atomic E-state index is 12.7. The molecule has 0 spiro atoms. The maximum Gasteiger partial charge on any atom is 0.469 e. The number of nitrogens with zero attached hydrogens (tertiary/aromatic N) is 1. The monoisotopic (exact) mass is 445 g/mol. The van der Waals surface area contributed by atoms with E-state index >= 15 is 0 Å². The number of amides is 2. The van der Waals surface area contributed by atoms with Crippen LogP contribution in [0.1, 0.15) is 47.1 Å². The molecule has 0 aromatic heterocycles. The lowest BCUT2D eigenvalue weighted by molar-refractivity contribution is 0.0558. The van der Waals surface area contributed by atoms with Gasteiger partial charge in [0.05, 0.1) is 12.3 Å². The number of phosphoric acid groups is 1. The molecule has 0 radical (unpaired) electrons. The highest BCUT2D eigenvalue weighted by Crippen LogP contribution is 2.37. The first kappa shape index (κ1) is 25.6. The minimum Gasteiger partial charge on any atom is -0.444 e. The molecule has 0 unspecified atom stereocenters. The van der Waals surface area contributed by atoms with Gasteiger partial charge in [0, 0.05) is 0 Å². The third-order valence-corrected chi connectivity index (χ3v) is 3.45. The average Bonchev–Trinajstić information content (AvgIpc) is 2.49. The number of hydrogen-bond donors (Lipinski definition) is 4. The van der Waals surface area contributed by atoms with E-state index in [9.17, 15) is 14.2 Å². The number of rotatable bonds is 4. The molecule has 4 N–H and O–H groups in total. The summed E-state index contributed by atoms with van der Waals surface area (Å²) in [5.74, 6) is -0.633. The number of anilines is 1. The normalized spacial score (nSPS) is 12.1. The van der Waals surface area contributed by atoms with Crippen LogP contribution < -0.4 is 10.2 Å². The van der Waals surface area contributed by atoms with E-state index in [1.54, 1.807) is 41.5 Å². The molecule has 2 amide bonds. The second-order valence-electron chi connectivity index (χ2n) is 8.23.